The molecule has 6 nitrogen and oxygen atoms in total. The van der Waals surface area contributed by atoms with Crippen LogP contribution in [0.4, 0.5) is 0 Å². The van der Waals surface area contributed by atoms with Gasteiger partial charge in [-0.05, 0) is 17.9 Å². The van der Waals surface area contributed by atoms with Crippen molar-refractivity contribution in [2.24, 2.45) is 15.8 Å². The average molecular weight is 381 g/mol. The van der Waals surface area contributed by atoms with Crippen molar-refractivity contribution in [3.8, 4) is 6.07 Å². The molecule has 7 heteroatoms. The first kappa shape index (κ1) is 20.9. The molecule has 0 saturated carbocycles. The van der Waals surface area contributed by atoms with Crippen molar-refractivity contribution in [1.82, 2.24) is 9.21 Å². The fourth-order valence-corrected chi connectivity index (χ4v) is 5.16. The van der Waals surface area contributed by atoms with Gasteiger partial charge in [0, 0.05) is 30.1 Å². The SMILES string of the molecule is C[C@@H]1N=C(C(C)(C)C)N2C[C@@H](N(CC#N)S(C)(=O)=O)CC2=C1C(C)(C)C. The van der Waals surface area contributed by atoms with E-state index >= 15 is 0 Å². The third kappa shape index (κ3) is 3.96. The molecule has 0 aromatic carbocycles. The van der Waals surface area contributed by atoms with E-state index in [1.165, 1.54) is 21.8 Å². The van der Waals surface area contributed by atoms with Crippen LogP contribution in [-0.2, 0) is 10.0 Å². The first-order valence-electron chi connectivity index (χ1n) is 9.11. The Labute approximate surface area is 158 Å². The van der Waals surface area contributed by atoms with E-state index in [1.807, 2.05) is 6.07 Å². The third-order valence-corrected chi connectivity index (χ3v) is 6.27. The van der Waals surface area contributed by atoms with Gasteiger partial charge in [-0.15, -0.1) is 0 Å². The molecule has 0 aliphatic carbocycles. The first-order chi connectivity index (χ1) is 11.7. The van der Waals surface area contributed by atoms with Crippen molar-refractivity contribution in [2.75, 3.05) is 19.3 Å². The molecule has 0 radical (unpaired) electrons. The quantitative estimate of drug-likeness (QED) is 0.705. The Morgan fingerprint density at radius 1 is 1.23 bits per heavy atom. The Hall–Kier alpha value is -1.39. The van der Waals surface area contributed by atoms with Crippen molar-refractivity contribution in [3.63, 3.8) is 0 Å². The Morgan fingerprint density at radius 3 is 2.23 bits per heavy atom. The Kier molecular flexibility index (Phi) is 5.35. The number of fused-ring (bicyclic) bond motifs is 1. The summed E-state index contributed by atoms with van der Waals surface area (Å²) < 4.78 is 25.8. The highest BCUT2D eigenvalue weighted by Crippen LogP contribution is 2.43. The zero-order chi connectivity index (χ0) is 20.1. The number of aliphatic imine (C=N–C) groups is 1. The van der Waals surface area contributed by atoms with Crippen LogP contribution in [0.2, 0.25) is 0 Å². The second-order valence-corrected chi connectivity index (χ2v) is 11.4. The summed E-state index contributed by atoms with van der Waals surface area (Å²) >= 11 is 0. The predicted molar refractivity (Wildman–Crippen MR) is 105 cm³/mol. The molecular formula is C19H32N4O2S. The van der Waals surface area contributed by atoms with Gasteiger partial charge in [-0.3, -0.25) is 4.99 Å². The van der Waals surface area contributed by atoms with E-state index in [1.54, 1.807) is 0 Å². The summed E-state index contributed by atoms with van der Waals surface area (Å²) in [5.74, 6) is 1.00. The van der Waals surface area contributed by atoms with Crippen LogP contribution in [0.25, 0.3) is 0 Å². The number of rotatable bonds is 3. The number of sulfonamides is 1. The lowest BCUT2D eigenvalue weighted by Gasteiger charge is -2.41. The van der Waals surface area contributed by atoms with Crippen LogP contribution < -0.4 is 0 Å². The summed E-state index contributed by atoms with van der Waals surface area (Å²) in [4.78, 5) is 7.21. The summed E-state index contributed by atoms with van der Waals surface area (Å²) in [5, 5.41) is 9.12. The summed E-state index contributed by atoms with van der Waals surface area (Å²) in [5.41, 5.74) is 2.25. The lowest BCUT2D eigenvalue weighted by atomic mass is 9.79. The highest BCUT2D eigenvalue weighted by Gasteiger charge is 2.45. The lowest BCUT2D eigenvalue weighted by molar-refractivity contribution is 0.341. The predicted octanol–water partition coefficient (Wildman–Crippen LogP) is 2.99. The second kappa shape index (κ2) is 6.65. The molecule has 0 bridgehead atoms. The topological polar surface area (TPSA) is 76.8 Å². The minimum atomic E-state index is -3.45. The molecule has 1 fully saturated rings. The molecule has 2 rings (SSSR count). The van der Waals surface area contributed by atoms with E-state index in [9.17, 15) is 8.42 Å². The van der Waals surface area contributed by atoms with E-state index in [2.05, 4.69) is 53.4 Å². The molecule has 0 amide bonds. The zero-order valence-corrected chi connectivity index (χ0v) is 18.1. The molecule has 2 aliphatic heterocycles. The van der Waals surface area contributed by atoms with Gasteiger partial charge in [0.25, 0.3) is 0 Å². The average Bonchev–Trinajstić information content (AvgIpc) is 2.83. The highest BCUT2D eigenvalue weighted by atomic mass is 32.2. The summed E-state index contributed by atoms with van der Waals surface area (Å²) in [6.07, 6.45) is 1.81. The molecule has 146 valence electrons. The molecule has 2 atom stereocenters. The Morgan fingerprint density at radius 2 is 1.81 bits per heavy atom. The number of hydrogen-bond acceptors (Lipinski definition) is 5. The number of hydrogen-bond donors (Lipinski definition) is 0. The van der Waals surface area contributed by atoms with Gasteiger partial charge in [0.1, 0.15) is 12.4 Å². The number of amidine groups is 1. The van der Waals surface area contributed by atoms with Gasteiger partial charge in [-0.1, -0.05) is 41.5 Å². The first-order valence-corrected chi connectivity index (χ1v) is 11.0. The van der Waals surface area contributed by atoms with Crippen molar-refractivity contribution in [1.29, 1.82) is 5.26 Å². The third-order valence-electron chi connectivity index (χ3n) is 4.99. The molecule has 2 heterocycles. The molecule has 0 N–H and O–H groups in total. The van der Waals surface area contributed by atoms with E-state index in [-0.39, 0.29) is 29.5 Å². The standard InChI is InChI=1S/C19H32N4O2S/c1-13-16(18(2,3)4)15-11-14(23(10-9-20)26(8,24)25)12-22(15)17(21-13)19(5,6)7/h13-14H,10-12H2,1-8H3/t13-,14-/m0/s1. The zero-order valence-electron chi connectivity index (χ0n) is 17.3. The summed E-state index contributed by atoms with van der Waals surface area (Å²) in [7, 11) is -3.45. The van der Waals surface area contributed by atoms with E-state index in [4.69, 9.17) is 10.3 Å². The van der Waals surface area contributed by atoms with Crippen molar-refractivity contribution in [2.45, 2.75) is 67.0 Å². The molecule has 2 aliphatic rings. The van der Waals surface area contributed by atoms with Crippen LogP contribution >= 0.6 is 0 Å². The maximum atomic E-state index is 12.2. The summed E-state index contributed by atoms with van der Waals surface area (Å²) in [6.45, 7) is 15.5. The van der Waals surface area contributed by atoms with Crippen molar-refractivity contribution < 1.29 is 8.42 Å². The summed E-state index contributed by atoms with van der Waals surface area (Å²) in [6, 6.07) is 1.83. The van der Waals surface area contributed by atoms with Crippen LogP contribution in [0.15, 0.2) is 16.3 Å². The van der Waals surface area contributed by atoms with Crippen LogP contribution in [0.5, 0.6) is 0 Å². The van der Waals surface area contributed by atoms with Gasteiger partial charge in [0.05, 0.1) is 18.4 Å². The van der Waals surface area contributed by atoms with Gasteiger partial charge in [0.15, 0.2) is 0 Å². The highest BCUT2D eigenvalue weighted by molar-refractivity contribution is 7.88. The van der Waals surface area contributed by atoms with Gasteiger partial charge >= 0.3 is 0 Å². The normalized spacial score (nSPS) is 24.6. The number of nitrogens with zero attached hydrogens (tertiary/aromatic N) is 4. The largest absolute Gasteiger partial charge is 0.332 e. The fraction of sp³-hybridized carbons (Fsp3) is 0.789. The van der Waals surface area contributed by atoms with Crippen LogP contribution in [0.3, 0.4) is 0 Å². The minimum Gasteiger partial charge on any atom is -0.332 e. The maximum Gasteiger partial charge on any atom is 0.212 e. The monoisotopic (exact) mass is 380 g/mol. The lowest BCUT2D eigenvalue weighted by Crippen LogP contribution is -2.46. The van der Waals surface area contributed by atoms with Crippen LogP contribution in [0, 0.1) is 22.2 Å². The Bertz CT molecular complexity index is 776. The number of nitriles is 1. The van der Waals surface area contributed by atoms with Crippen molar-refractivity contribution >= 4 is 15.9 Å². The van der Waals surface area contributed by atoms with E-state index < -0.39 is 10.0 Å². The van der Waals surface area contributed by atoms with Gasteiger partial charge in [0.2, 0.25) is 10.0 Å². The maximum absolute atomic E-state index is 12.2. The molecule has 0 spiro atoms. The van der Waals surface area contributed by atoms with E-state index in [0.717, 1.165) is 5.84 Å². The molecular weight excluding hydrogens is 348 g/mol. The second-order valence-electron chi connectivity index (χ2n) is 9.42. The molecule has 0 aromatic rings. The van der Waals surface area contributed by atoms with Crippen molar-refractivity contribution in [3.05, 3.63) is 11.3 Å². The van der Waals surface area contributed by atoms with Crippen LogP contribution in [0.1, 0.15) is 54.9 Å². The van der Waals surface area contributed by atoms with Crippen LogP contribution in [-0.4, -0.2) is 54.9 Å². The Balaban J connectivity index is 2.56. The van der Waals surface area contributed by atoms with Gasteiger partial charge in [-0.25, -0.2) is 8.42 Å². The molecule has 0 unspecified atom stereocenters. The minimum absolute atomic E-state index is 0.0556. The van der Waals surface area contributed by atoms with E-state index in [0.29, 0.717) is 13.0 Å². The molecule has 0 aromatic heterocycles. The fourth-order valence-electron chi connectivity index (χ4n) is 4.19. The molecule has 26 heavy (non-hydrogen) atoms. The van der Waals surface area contributed by atoms with Gasteiger partial charge in [-0.2, -0.15) is 9.57 Å². The molecule has 1 saturated heterocycles. The van der Waals surface area contributed by atoms with Gasteiger partial charge < -0.3 is 4.90 Å². The smallest absolute Gasteiger partial charge is 0.212 e.